The van der Waals surface area contributed by atoms with E-state index >= 15 is 0 Å². The normalized spacial score (nSPS) is 13.7. The third-order valence-electron chi connectivity index (χ3n) is 4.80. The molecule has 7 heteroatoms. The van der Waals surface area contributed by atoms with Crippen LogP contribution in [0.2, 0.25) is 5.02 Å². The summed E-state index contributed by atoms with van der Waals surface area (Å²) in [5.41, 5.74) is 2.43. The molecule has 0 atom stereocenters. The molecule has 4 rings (SSSR count). The van der Waals surface area contributed by atoms with E-state index in [4.69, 9.17) is 21.1 Å². The number of benzene rings is 2. The van der Waals surface area contributed by atoms with Gasteiger partial charge in [0.1, 0.15) is 18.2 Å². The largest absolute Gasteiger partial charge is 0.488 e. The first-order chi connectivity index (χ1) is 14.7. The summed E-state index contributed by atoms with van der Waals surface area (Å²) in [5.74, 6) is 0.729. The minimum atomic E-state index is -0.270. The van der Waals surface area contributed by atoms with Crippen molar-refractivity contribution in [2.75, 3.05) is 36.5 Å². The number of halogens is 1. The van der Waals surface area contributed by atoms with Crippen molar-refractivity contribution < 1.29 is 14.3 Å². The Morgan fingerprint density at radius 3 is 2.57 bits per heavy atom. The molecule has 1 aliphatic heterocycles. The highest BCUT2D eigenvalue weighted by Gasteiger charge is 2.15. The number of amides is 1. The Kier molecular flexibility index (Phi) is 6.47. The summed E-state index contributed by atoms with van der Waals surface area (Å²) in [4.78, 5) is 19.4. The maximum absolute atomic E-state index is 12.8. The number of para-hydroxylation sites is 1. The summed E-state index contributed by atoms with van der Waals surface area (Å²) in [6, 6.07) is 18.3. The first kappa shape index (κ1) is 20.2. The monoisotopic (exact) mass is 423 g/mol. The molecule has 1 N–H and O–H groups in total. The van der Waals surface area contributed by atoms with Gasteiger partial charge in [-0.15, -0.1) is 0 Å². The molecule has 0 saturated carbocycles. The molecule has 2 heterocycles. The second kappa shape index (κ2) is 9.61. The molecule has 1 fully saturated rings. The summed E-state index contributed by atoms with van der Waals surface area (Å²) >= 11 is 5.92. The van der Waals surface area contributed by atoms with Crippen LogP contribution in [0.5, 0.6) is 5.75 Å². The van der Waals surface area contributed by atoms with E-state index in [1.807, 2.05) is 36.4 Å². The van der Waals surface area contributed by atoms with Crippen molar-refractivity contribution in [3.63, 3.8) is 0 Å². The van der Waals surface area contributed by atoms with Gasteiger partial charge in [-0.25, -0.2) is 4.98 Å². The highest BCUT2D eigenvalue weighted by Crippen LogP contribution is 2.22. The first-order valence-corrected chi connectivity index (χ1v) is 10.1. The molecule has 3 aromatic rings. The number of pyridine rings is 1. The Hall–Kier alpha value is -3.09. The smallest absolute Gasteiger partial charge is 0.260 e. The molecular formula is C23H22ClN3O3. The summed E-state index contributed by atoms with van der Waals surface area (Å²) in [5, 5.41) is 3.52. The van der Waals surface area contributed by atoms with Crippen LogP contribution in [0, 0.1) is 0 Å². The summed E-state index contributed by atoms with van der Waals surface area (Å²) < 4.78 is 11.3. The number of rotatable bonds is 6. The van der Waals surface area contributed by atoms with Crippen LogP contribution in [0.25, 0.3) is 0 Å². The van der Waals surface area contributed by atoms with Crippen LogP contribution in [0.3, 0.4) is 0 Å². The van der Waals surface area contributed by atoms with Gasteiger partial charge in [-0.3, -0.25) is 4.79 Å². The molecule has 0 radical (unpaired) electrons. The van der Waals surface area contributed by atoms with Crippen molar-refractivity contribution in [1.29, 1.82) is 0 Å². The van der Waals surface area contributed by atoms with Crippen LogP contribution in [0.1, 0.15) is 15.9 Å². The van der Waals surface area contributed by atoms with E-state index < -0.39 is 0 Å². The lowest BCUT2D eigenvalue weighted by molar-refractivity contribution is 0.102. The van der Waals surface area contributed by atoms with Gasteiger partial charge in [0.2, 0.25) is 0 Å². The lowest BCUT2D eigenvalue weighted by atomic mass is 10.2. The zero-order valence-electron chi connectivity index (χ0n) is 16.4. The number of hydrogen-bond acceptors (Lipinski definition) is 5. The number of carbonyl (C=O) groups excluding carboxylic acids is 1. The molecule has 0 aliphatic carbocycles. The van der Waals surface area contributed by atoms with Crippen LogP contribution in [0.15, 0.2) is 66.9 Å². The number of aromatic nitrogens is 1. The van der Waals surface area contributed by atoms with Crippen LogP contribution < -0.4 is 15.0 Å². The fraction of sp³-hybridized carbons (Fsp3) is 0.217. The standard InChI is InChI=1S/C23H22ClN3O3/c24-18-7-5-17(6-8-18)16-30-21-4-2-1-3-20(21)23(28)26-22-10-9-19(15-25-22)27-11-13-29-14-12-27/h1-10,15H,11-14,16H2,(H,25,26,28). The SMILES string of the molecule is O=C(Nc1ccc(N2CCOCC2)cn1)c1ccccc1OCc1ccc(Cl)cc1. The molecule has 1 amide bonds. The zero-order valence-corrected chi connectivity index (χ0v) is 17.1. The number of hydrogen-bond donors (Lipinski definition) is 1. The number of nitrogens with zero attached hydrogens (tertiary/aromatic N) is 2. The van der Waals surface area contributed by atoms with Crippen molar-refractivity contribution in [1.82, 2.24) is 4.98 Å². The van der Waals surface area contributed by atoms with Gasteiger partial charge in [-0.2, -0.15) is 0 Å². The predicted octanol–water partition coefficient (Wildman–Crippen LogP) is 4.40. The lowest BCUT2D eigenvalue weighted by Gasteiger charge is -2.28. The van der Waals surface area contributed by atoms with Crippen LogP contribution in [0.4, 0.5) is 11.5 Å². The van der Waals surface area contributed by atoms with Gasteiger partial charge in [-0.1, -0.05) is 35.9 Å². The molecule has 1 aromatic heterocycles. The molecule has 1 saturated heterocycles. The minimum absolute atomic E-state index is 0.270. The summed E-state index contributed by atoms with van der Waals surface area (Å²) in [7, 11) is 0. The lowest BCUT2D eigenvalue weighted by Crippen LogP contribution is -2.36. The predicted molar refractivity (Wildman–Crippen MR) is 117 cm³/mol. The minimum Gasteiger partial charge on any atom is -0.488 e. The first-order valence-electron chi connectivity index (χ1n) is 9.75. The van der Waals surface area contributed by atoms with Crippen molar-refractivity contribution >= 4 is 29.0 Å². The Morgan fingerprint density at radius 1 is 1.07 bits per heavy atom. The molecule has 30 heavy (non-hydrogen) atoms. The van der Waals surface area contributed by atoms with E-state index in [9.17, 15) is 4.79 Å². The van der Waals surface area contributed by atoms with Gasteiger partial charge < -0.3 is 19.7 Å². The molecule has 0 spiro atoms. The molecule has 1 aliphatic rings. The third kappa shape index (κ3) is 5.09. The topological polar surface area (TPSA) is 63.7 Å². The van der Waals surface area contributed by atoms with E-state index in [0.29, 0.717) is 42.0 Å². The van der Waals surface area contributed by atoms with E-state index in [0.717, 1.165) is 24.3 Å². The molecule has 0 bridgehead atoms. The van der Waals surface area contributed by atoms with E-state index in [1.54, 1.807) is 30.5 Å². The Bertz CT molecular complexity index is 987. The van der Waals surface area contributed by atoms with E-state index in [1.165, 1.54) is 0 Å². The maximum atomic E-state index is 12.8. The maximum Gasteiger partial charge on any atom is 0.260 e. The number of nitrogens with one attached hydrogen (secondary N) is 1. The van der Waals surface area contributed by atoms with E-state index in [-0.39, 0.29) is 5.91 Å². The molecule has 2 aromatic carbocycles. The third-order valence-corrected chi connectivity index (χ3v) is 5.06. The average molecular weight is 424 g/mol. The van der Waals surface area contributed by atoms with Gasteiger partial charge >= 0.3 is 0 Å². The van der Waals surface area contributed by atoms with Crippen LogP contribution >= 0.6 is 11.6 Å². The van der Waals surface area contributed by atoms with Crippen molar-refractivity contribution in [3.8, 4) is 5.75 Å². The Labute approximate surface area is 180 Å². The Balaban J connectivity index is 1.41. The quantitative estimate of drug-likeness (QED) is 0.636. The van der Waals surface area contributed by atoms with Crippen LogP contribution in [-0.2, 0) is 11.3 Å². The second-order valence-corrected chi connectivity index (χ2v) is 7.30. The van der Waals surface area contributed by atoms with Gasteiger partial charge in [0, 0.05) is 18.1 Å². The van der Waals surface area contributed by atoms with Gasteiger partial charge in [0.25, 0.3) is 5.91 Å². The highest BCUT2D eigenvalue weighted by molar-refractivity contribution is 6.30. The van der Waals surface area contributed by atoms with Crippen LogP contribution in [-0.4, -0.2) is 37.2 Å². The Morgan fingerprint density at radius 2 is 1.83 bits per heavy atom. The molecule has 0 unspecified atom stereocenters. The zero-order chi connectivity index (χ0) is 20.8. The fourth-order valence-corrected chi connectivity index (χ4v) is 3.30. The van der Waals surface area contributed by atoms with Gasteiger partial charge in [0.15, 0.2) is 0 Å². The fourth-order valence-electron chi connectivity index (χ4n) is 3.17. The number of carbonyl (C=O) groups is 1. The van der Waals surface area contributed by atoms with Crippen molar-refractivity contribution in [2.45, 2.75) is 6.61 Å². The molecule has 6 nitrogen and oxygen atoms in total. The van der Waals surface area contributed by atoms with Gasteiger partial charge in [0.05, 0.1) is 30.7 Å². The second-order valence-electron chi connectivity index (χ2n) is 6.87. The summed E-state index contributed by atoms with van der Waals surface area (Å²) in [6.07, 6.45) is 1.77. The molecular weight excluding hydrogens is 402 g/mol. The van der Waals surface area contributed by atoms with Crippen molar-refractivity contribution in [3.05, 3.63) is 83.0 Å². The van der Waals surface area contributed by atoms with Gasteiger partial charge in [-0.05, 0) is 42.0 Å². The number of ether oxygens (including phenoxy) is 2. The number of anilines is 2. The molecule has 154 valence electrons. The number of morpholine rings is 1. The summed E-state index contributed by atoms with van der Waals surface area (Å²) in [6.45, 7) is 3.45. The van der Waals surface area contributed by atoms with E-state index in [2.05, 4.69) is 15.2 Å². The highest BCUT2D eigenvalue weighted by atomic mass is 35.5. The van der Waals surface area contributed by atoms with Crippen molar-refractivity contribution in [2.24, 2.45) is 0 Å². The average Bonchev–Trinajstić information content (AvgIpc) is 2.80.